The number of carbonyl (C=O) groups excluding carboxylic acids is 1. The van der Waals surface area contributed by atoms with E-state index in [0.717, 1.165) is 17.2 Å². The molecule has 0 aromatic heterocycles. The first kappa shape index (κ1) is 28.0. The van der Waals surface area contributed by atoms with Gasteiger partial charge in [-0.2, -0.15) is 0 Å². The highest BCUT2D eigenvalue weighted by atomic mass is 79.9. The first-order chi connectivity index (χ1) is 19.2. The molecule has 0 fully saturated rings. The smallest absolute Gasteiger partial charge is 0.349 e. The maximum Gasteiger partial charge on any atom is 0.349 e. The standard InChI is InChI=1S/C29H21BrN2O8/c1-38-28-15-19(7-9-21-10-12-23(31(34)35)17-25(21)32(36)37)8-13-27(28)40-29(33)18-39-26-14-11-22(16-24(26)30)20-5-3-2-4-6-20/h2-17H,18H2,1H3. The molecule has 0 spiro atoms. The second kappa shape index (κ2) is 12.7. The van der Waals surface area contributed by atoms with Crippen molar-refractivity contribution in [3.63, 3.8) is 0 Å². The van der Waals surface area contributed by atoms with Crippen LogP contribution in [0.2, 0.25) is 0 Å². The molecule has 0 aliphatic rings. The van der Waals surface area contributed by atoms with E-state index in [1.54, 1.807) is 24.3 Å². The highest BCUT2D eigenvalue weighted by molar-refractivity contribution is 9.10. The lowest BCUT2D eigenvalue weighted by Gasteiger charge is -2.12. The second-order valence-electron chi connectivity index (χ2n) is 8.27. The monoisotopic (exact) mass is 604 g/mol. The van der Waals surface area contributed by atoms with Gasteiger partial charge in [-0.05, 0) is 69.0 Å². The Hall–Kier alpha value is -5.03. The molecule has 0 unspecified atom stereocenters. The molecule has 0 aliphatic carbocycles. The highest BCUT2D eigenvalue weighted by Crippen LogP contribution is 2.32. The number of non-ortho nitro benzene ring substituents is 1. The van der Waals surface area contributed by atoms with Crippen molar-refractivity contribution in [3.8, 4) is 28.4 Å². The zero-order valence-electron chi connectivity index (χ0n) is 21.0. The van der Waals surface area contributed by atoms with E-state index in [-0.39, 0.29) is 29.4 Å². The molecule has 0 N–H and O–H groups in total. The molecule has 0 aliphatic heterocycles. The van der Waals surface area contributed by atoms with Gasteiger partial charge in [0.1, 0.15) is 5.75 Å². The van der Waals surface area contributed by atoms with Crippen LogP contribution < -0.4 is 14.2 Å². The summed E-state index contributed by atoms with van der Waals surface area (Å²) in [5.41, 5.74) is 2.03. The normalized spacial score (nSPS) is 10.8. The average Bonchev–Trinajstić information content (AvgIpc) is 2.96. The maximum absolute atomic E-state index is 12.5. The first-order valence-electron chi connectivity index (χ1n) is 11.7. The Balaban J connectivity index is 1.42. The summed E-state index contributed by atoms with van der Waals surface area (Å²) in [6.45, 7) is -0.349. The van der Waals surface area contributed by atoms with Crippen LogP contribution in [0.1, 0.15) is 11.1 Å². The summed E-state index contributed by atoms with van der Waals surface area (Å²) in [6.07, 6.45) is 3.03. The topological polar surface area (TPSA) is 131 Å². The number of hydrogen-bond donors (Lipinski definition) is 0. The van der Waals surface area contributed by atoms with E-state index < -0.39 is 21.5 Å². The van der Waals surface area contributed by atoms with Crippen LogP contribution in [0.4, 0.5) is 11.4 Å². The molecule has 4 rings (SSSR count). The largest absolute Gasteiger partial charge is 0.493 e. The lowest BCUT2D eigenvalue weighted by atomic mass is 10.1. The molecule has 4 aromatic carbocycles. The quantitative estimate of drug-likeness (QED) is 0.0615. The second-order valence-corrected chi connectivity index (χ2v) is 9.13. The number of halogens is 1. The van der Waals surface area contributed by atoms with Gasteiger partial charge in [-0.15, -0.1) is 0 Å². The SMILES string of the molecule is COc1cc(C=Cc2ccc([N+](=O)[O-])cc2[N+](=O)[O-])ccc1OC(=O)COc1ccc(-c2ccccc2)cc1Br. The van der Waals surface area contributed by atoms with Gasteiger partial charge in [0.15, 0.2) is 18.1 Å². The fraction of sp³-hybridized carbons (Fsp3) is 0.0690. The molecule has 0 bridgehead atoms. The lowest BCUT2D eigenvalue weighted by molar-refractivity contribution is -0.394. The molecule has 0 radical (unpaired) electrons. The minimum absolute atomic E-state index is 0.160. The maximum atomic E-state index is 12.5. The summed E-state index contributed by atoms with van der Waals surface area (Å²) in [6, 6.07) is 23.5. The van der Waals surface area contributed by atoms with Gasteiger partial charge < -0.3 is 14.2 Å². The van der Waals surface area contributed by atoms with Gasteiger partial charge >= 0.3 is 5.97 Å². The van der Waals surface area contributed by atoms with Gasteiger partial charge in [0, 0.05) is 6.07 Å². The lowest BCUT2D eigenvalue weighted by Crippen LogP contribution is -2.18. The summed E-state index contributed by atoms with van der Waals surface area (Å²) in [4.78, 5) is 33.4. The molecule has 0 atom stereocenters. The number of rotatable bonds is 10. The molecule has 0 amide bonds. The van der Waals surface area contributed by atoms with Crippen molar-refractivity contribution in [1.29, 1.82) is 0 Å². The number of nitro groups is 2. The molecule has 0 saturated carbocycles. The van der Waals surface area contributed by atoms with Crippen molar-refractivity contribution in [2.45, 2.75) is 0 Å². The van der Waals surface area contributed by atoms with E-state index in [1.165, 1.54) is 31.4 Å². The third-order valence-corrected chi connectivity index (χ3v) is 6.29. The zero-order chi connectivity index (χ0) is 28.6. The van der Waals surface area contributed by atoms with Crippen LogP contribution in [-0.2, 0) is 4.79 Å². The van der Waals surface area contributed by atoms with Crippen LogP contribution in [0.15, 0.2) is 89.4 Å². The summed E-state index contributed by atoms with van der Waals surface area (Å²) in [7, 11) is 1.41. The van der Waals surface area contributed by atoms with Crippen molar-refractivity contribution < 1.29 is 28.9 Å². The number of hydrogen-bond acceptors (Lipinski definition) is 8. The fourth-order valence-corrected chi connectivity index (χ4v) is 4.21. The van der Waals surface area contributed by atoms with E-state index in [4.69, 9.17) is 14.2 Å². The van der Waals surface area contributed by atoms with Crippen molar-refractivity contribution >= 4 is 45.4 Å². The molecule has 0 heterocycles. The zero-order valence-corrected chi connectivity index (χ0v) is 22.6. The van der Waals surface area contributed by atoms with Gasteiger partial charge in [-0.3, -0.25) is 20.2 Å². The molecular formula is C29H21BrN2O8. The van der Waals surface area contributed by atoms with E-state index in [0.29, 0.717) is 15.8 Å². The molecule has 4 aromatic rings. The summed E-state index contributed by atoms with van der Waals surface area (Å²) in [5, 5.41) is 22.3. The van der Waals surface area contributed by atoms with Crippen LogP contribution in [0.5, 0.6) is 17.2 Å². The number of benzene rings is 4. The van der Waals surface area contributed by atoms with Crippen LogP contribution >= 0.6 is 15.9 Å². The van der Waals surface area contributed by atoms with Crippen LogP contribution in [0.3, 0.4) is 0 Å². The predicted molar refractivity (Wildman–Crippen MR) is 152 cm³/mol. The Morgan fingerprint density at radius 3 is 2.25 bits per heavy atom. The van der Waals surface area contributed by atoms with Crippen LogP contribution in [0, 0.1) is 20.2 Å². The molecule has 10 nitrogen and oxygen atoms in total. The van der Waals surface area contributed by atoms with Crippen molar-refractivity contribution in [1.82, 2.24) is 0 Å². The number of methoxy groups -OCH3 is 1. The Kier molecular flexibility index (Phi) is 8.87. The Labute approximate surface area is 236 Å². The first-order valence-corrected chi connectivity index (χ1v) is 12.5. The Morgan fingerprint density at radius 1 is 0.825 bits per heavy atom. The number of ether oxygens (including phenoxy) is 3. The Morgan fingerprint density at radius 2 is 1.57 bits per heavy atom. The average molecular weight is 605 g/mol. The van der Waals surface area contributed by atoms with Gasteiger partial charge in [0.2, 0.25) is 0 Å². The van der Waals surface area contributed by atoms with Gasteiger partial charge in [-0.1, -0.05) is 48.5 Å². The molecule has 202 valence electrons. The summed E-state index contributed by atoms with van der Waals surface area (Å²) >= 11 is 3.48. The predicted octanol–water partition coefficient (Wildman–Crippen LogP) is 7.10. The third kappa shape index (κ3) is 6.88. The third-order valence-electron chi connectivity index (χ3n) is 5.67. The highest BCUT2D eigenvalue weighted by Gasteiger charge is 2.18. The van der Waals surface area contributed by atoms with Gasteiger partial charge in [0.05, 0.1) is 33.1 Å². The molecule has 0 saturated heterocycles. The number of carbonyl (C=O) groups is 1. The van der Waals surface area contributed by atoms with Crippen molar-refractivity contribution in [3.05, 3.63) is 121 Å². The number of nitro benzene ring substituents is 2. The van der Waals surface area contributed by atoms with E-state index in [2.05, 4.69) is 15.9 Å². The van der Waals surface area contributed by atoms with Gasteiger partial charge in [-0.25, -0.2) is 4.79 Å². The molecule has 40 heavy (non-hydrogen) atoms. The van der Waals surface area contributed by atoms with Crippen LogP contribution in [0.25, 0.3) is 23.3 Å². The number of nitrogens with zero attached hydrogens (tertiary/aromatic N) is 2. The van der Waals surface area contributed by atoms with Crippen molar-refractivity contribution in [2.75, 3.05) is 13.7 Å². The Bertz CT molecular complexity index is 1610. The van der Waals surface area contributed by atoms with E-state index >= 15 is 0 Å². The minimum atomic E-state index is -0.698. The number of esters is 1. The molecule has 11 heteroatoms. The summed E-state index contributed by atoms with van der Waals surface area (Å²) in [5.74, 6) is 0.238. The van der Waals surface area contributed by atoms with E-state index in [9.17, 15) is 25.0 Å². The minimum Gasteiger partial charge on any atom is -0.493 e. The van der Waals surface area contributed by atoms with Gasteiger partial charge in [0.25, 0.3) is 11.4 Å². The van der Waals surface area contributed by atoms with Crippen molar-refractivity contribution in [2.24, 2.45) is 0 Å². The van der Waals surface area contributed by atoms with E-state index in [1.807, 2.05) is 42.5 Å². The van der Waals surface area contributed by atoms with Crippen LogP contribution in [-0.4, -0.2) is 29.5 Å². The summed E-state index contributed by atoms with van der Waals surface area (Å²) < 4.78 is 17.1. The fourth-order valence-electron chi connectivity index (χ4n) is 3.72. The molecular weight excluding hydrogens is 584 g/mol.